The van der Waals surface area contributed by atoms with Gasteiger partial charge in [0.2, 0.25) is 0 Å². The highest BCUT2D eigenvalue weighted by atomic mass is 35.5. The van der Waals surface area contributed by atoms with Gasteiger partial charge in [0.05, 0.1) is 4.90 Å². The molecule has 0 unspecified atom stereocenters. The number of rotatable bonds is 6. The largest absolute Gasteiger partial charge is 0.321 e. The lowest BCUT2D eigenvalue weighted by Crippen LogP contribution is -2.15. The molecule has 0 saturated heterocycles. The van der Waals surface area contributed by atoms with Crippen molar-refractivity contribution in [2.24, 2.45) is 0 Å². The molecule has 3 aromatic carbocycles. The summed E-state index contributed by atoms with van der Waals surface area (Å²) < 4.78 is 27.5. The Morgan fingerprint density at radius 2 is 1.57 bits per heavy atom. The lowest BCUT2D eigenvalue weighted by molar-refractivity contribution is 0.102. The van der Waals surface area contributed by atoms with E-state index in [1.54, 1.807) is 24.3 Å². The summed E-state index contributed by atoms with van der Waals surface area (Å²) in [6.07, 6.45) is 0. The topological polar surface area (TPSA) is 75.3 Å². The first-order chi connectivity index (χ1) is 14.2. The van der Waals surface area contributed by atoms with Crippen LogP contribution >= 0.6 is 11.6 Å². The highest BCUT2D eigenvalue weighted by Gasteiger charge is 2.16. The van der Waals surface area contributed by atoms with Crippen molar-refractivity contribution in [1.82, 2.24) is 0 Å². The van der Waals surface area contributed by atoms with E-state index < -0.39 is 10.0 Å². The second-order valence-electron chi connectivity index (χ2n) is 7.28. The van der Waals surface area contributed by atoms with Crippen molar-refractivity contribution in [3.8, 4) is 0 Å². The molecule has 2 N–H and O–H groups in total. The van der Waals surface area contributed by atoms with Crippen molar-refractivity contribution >= 4 is 38.9 Å². The molecule has 0 atom stereocenters. The fraction of sp³-hybridized carbons (Fsp3) is 0.174. The maximum Gasteiger partial charge on any atom is 0.261 e. The van der Waals surface area contributed by atoms with Crippen LogP contribution in [0, 0.1) is 6.92 Å². The number of nitrogens with one attached hydrogen (secondary N) is 2. The van der Waals surface area contributed by atoms with Gasteiger partial charge in [-0.15, -0.1) is 0 Å². The molecule has 30 heavy (non-hydrogen) atoms. The summed E-state index contributed by atoms with van der Waals surface area (Å²) in [6.45, 7) is 6.11. The van der Waals surface area contributed by atoms with Crippen LogP contribution in [0.4, 0.5) is 11.4 Å². The molecule has 5 nitrogen and oxygen atoms in total. The number of anilines is 2. The zero-order valence-electron chi connectivity index (χ0n) is 16.9. The highest BCUT2D eigenvalue weighted by molar-refractivity contribution is 7.92. The Morgan fingerprint density at radius 1 is 0.933 bits per heavy atom. The van der Waals surface area contributed by atoms with Crippen LogP contribution in [0.2, 0.25) is 5.02 Å². The van der Waals surface area contributed by atoms with E-state index in [2.05, 4.69) is 23.9 Å². The number of sulfonamides is 1. The summed E-state index contributed by atoms with van der Waals surface area (Å²) in [4.78, 5) is 12.8. The molecule has 0 heterocycles. The summed E-state index contributed by atoms with van der Waals surface area (Å²) in [7, 11) is -3.74. The molecule has 3 aromatic rings. The molecule has 0 radical (unpaired) electrons. The molecule has 0 spiro atoms. The van der Waals surface area contributed by atoms with Crippen molar-refractivity contribution in [2.75, 3.05) is 10.0 Å². The smallest absolute Gasteiger partial charge is 0.261 e. The van der Waals surface area contributed by atoms with E-state index >= 15 is 0 Å². The minimum Gasteiger partial charge on any atom is -0.321 e. The van der Waals surface area contributed by atoms with E-state index in [0.717, 1.165) is 16.8 Å². The molecule has 0 aliphatic rings. The van der Waals surface area contributed by atoms with Crippen LogP contribution in [0.3, 0.4) is 0 Å². The van der Waals surface area contributed by atoms with Crippen LogP contribution < -0.4 is 10.0 Å². The fourth-order valence-corrected chi connectivity index (χ4v) is 4.23. The van der Waals surface area contributed by atoms with Gasteiger partial charge < -0.3 is 5.32 Å². The lowest BCUT2D eigenvalue weighted by atomic mass is 9.98. The molecule has 0 saturated carbocycles. The first-order valence-corrected chi connectivity index (χ1v) is 11.3. The van der Waals surface area contributed by atoms with Gasteiger partial charge in [-0.2, -0.15) is 0 Å². The summed E-state index contributed by atoms with van der Waals surface area (Å²) in [6, 6.07) is 18.1. The zero-order chi connectivity index (χ0) is 21.9. The predicted molar refractivity (Wildman–Crippen MR) is 122 cm³/mol. The highest BCUT2D eigenvalue weighted by Crippen LogP contribution is 2.28. The van der Waals surface area contributed by atoms with Gasteiger partial charge >= 0.3 is 0 Å². The minimum absolute atomic E-state index is 0.106. The first kappa shape index (κ1) is 21.9. The van der Waals surface area contributed by atoms with Crippen molar-refractivity contribution in [1.29, 1.82) is 0 Å². The number of carbonyl (C=O) groups excluding carboxylic acids is 1. The Kier molecular flexibility index (Phi) is 6.48. The van der Waals surface area contributed by atoms with E-state index in [4.69, 9.17) is 11.6 Å². The van der Waals surface area contributed by atoms with Crippen molar-refractivity contribution in [3.63, 3.8) is 0 Å². The van der Waals surface area contributed by atoms with E-state index in [-0.39, 0.29) is 16.7 Å². The van der Waals surface area contributed by atoms with Crippen molar-refractivity contribution < 1.29 is 13.2 Å². The van der Waals surface area contributed by atoms with Gasteiger partial charge in [-0.1, -0.05) is 43.6 Å². The van der Waals surface area contributed by atoms with Crippen LogP contribution in [-0.2, 0) is 10.0 Å². The fourth-order valence-electron chi connectivity index (χ4n) is 3.05. The van der Waals surface area contributed by atoms with Crippen LogP contribution in [0.1, 0.15) is 41.3 Å². The maximum atomic E-state index is 12.7. The van der Waals surface area contributed by atoms with Gasteiger partial charge in [0, 0.05) is 22.0 Å². The molecule has 0 aliphatic carbocycles. The molecule has 0 aliphatic heterocycles. The third-order valence-electron chi connectivity index (χ3n) is 4.69. The average Bonchev–Trinajstić information content (AvgIpc) is 2.70. The quantitative estimate of drug-likeness (QED) is 0.504. The summed E-state index contributed by atoms with van der Waals surface area (Å²) in [5, 5.41) is 3.44. The predicted octanol–water partition coefficient (Wildman–Crippen LogP) is 5.82. The Morgan fingerprint density at radius 3 is 2.17 bits per heavy atom. The summed E-state index contributed by atoms with van der Waals surface area (Å²) in [5.74, 6) is 0.0168. The standard InChI is InChI=1S/C23H23ClN2O3S/c1-15(2)21-6-4-5-16(3)22(21)25-23(27)17-7-11-19(12-8-17)26-30(28,29)20-13-9-18(24)10-14-20/h4-15,26H,1-3H3,(H,25,27). The number of halogens is 1. The Balaban J connectivity index is 1.76. The van der Waals surface area contributed by atoms with Gasteiger partial charge in [-0.3, -0.25) is 9.52 Å². The first-order valence-electron chi connectivity index (χ1n) is 9.46. The molecule has 0 bridgehead atoms. The number of hydrogen-bond donors (Lipinski definition) is 2. The van der Waals surface area contributed by atoms with E-state index in [9.17, 15) is 13.2 Å². The molecular weight excluding hydrogens is 420 g/mol. The molecule has 0 aromatic heterocycles. The third kappa shape index (κ3) is 5.01. The Labute approximate surface area is 182 Å². The van der Waals surface area contributed by atoms with Gasteiger partial charge in [-0.05, 0) is 72.5 Å². The monoisotopic (exact) mass is 442 g/mol. The van der Waals surface area contributed by atoms with Crippen molar-refractivity contribution in [3.05, 3.63) is 88.4 Å². The average molecular weight is 443 g/mol. The second-order valence-corrected chi connectivity index (χ2v) is 9.40. The molecule has 3 rings (SSSR count). The Bertz CT molecular complexity index is 1160. The number of aryl methyl sites for hydroxylation is 1. The van der Waals surface area contributed by atoms with Gasteiger partial charge in [0.15, 0.2) is 0 Å². The molecular formula is C23H23ClN2O3S. The number of amides is 1. The van der Waals surface area contributed by atoms with Gasteiger partial charge in [0.25, 0.3) is 15.9 Å². The third-order valence-corrected chi connectivity index (χ3v) is 6.34. The number of para-hydroxylation sites is 1. The van der Waals surface area contributed by atoms with Crippen LogP contribution in [0.15, 0.2) is 71.6 Å². The van der Waals surface area contributed by atoms with Crippen LogP contribution in [-0.4, -0.2) is 14.3 Å². The zero-order valence-corrected chi connectivity index (χ0v) is 18.5. The van der Waals surface area contributed by atoms with E-state index in [1.165, 1.54) is 24.3 Å². The molecule has 0 fully saturated rings. The lowest BCUT2D eigenvalue weighted by Gasteiger charge is -2.16. The maximum absolute atomic E-state index is 12.7. The number of hydrogen-bond acceptors (Lipinski definition) is 3. The van der Waals surface area contributed by atoms with Gasteiger partial charge in [0.1, 0.15) is 0 Å². The summed E-state index contributed by atoms with van der Waals surface area (Å²) in [5.41, 5.74) is 3.66. The SMILES string of the molecule is Cc1cccc(C(C)C)c1NC(=O)c1ccc(NS(=O)(=O)c2ccc(Cl)cc2)cc1. The Hall–Kier alpha value is -2.83. The molecule has 1 amide bonds. The van der Waals surface area contributed by atoms with E-state index in [1.807, 2.05) is 25.1 Å². The summed E-state index contributed by atoms with van der Waals surface area (Å²) >= 11 is 5.81. The minimum atomic E-state index is -3.74. The normalized spacial score (nSPS) is 11.4. The second kappa shape index (κ2) is 8.90. The van der Waals surface area contributed by atoms with Crippen LogP contribution in [0.5, 0.6) is 0 Å². The van der Waals surface area contributed by atoms with Crippen molar-refractivity contribution in [2.45, 2.75) is 31.6 Å². The van der Waals surface area contributed by atoms with Gasteiger partial charge in [-0.25, -0.2) is 8.42 Å². The molecule has 7 heteroatoms. The van der Waals surface area contributed by atoms with Crippen LogP contribution in [0.25, 0.3) is 0 Å². The number of benzene rings is 3. The van der Waals surface area contributed by atoms with E-state index in [0.29, 0.717) is 16.3 Å². The number of carbonyl (C=O) groups is 1. The molecule has 156 valence electrons.